The number of hydrogen-bond donors (Lipinski definition) is 5. The Bertz CT molecular complexity index is 1770. The molecule has 1 unspecified atom stereocenters. The number of hydrogen-bond acceptors (Lipinski definition) is 9. The maximum Gasteiger partial charge on any atom is 0.527 e. The van der Waals surface area contributed by atoms with Gasteiger partial charge in [0, 0.05) is 23.4 Å². The van der Waals surface area contributed by atoms with Crippen LogP contribution in [-0.2, 0) is 18.4 Å². The molecule has 10 nitrogen and oxygen atoms in total. The molecule has 4 saturated carbocycles. The third kappa shape index (κ3) is 7.56. The molecule has 0 radical (unpaired) electrons. The lowest BCUT2D eigenvalue weighted by atomic mass is 9.43. The predicted molar refractivity (Wildman–Crippen MR) is 208 cm³/mol. The Morgan fingerprint density at radius 3 is 2.63 bits per heavy atom. The molecule has 1 aliphatic heterocycles. The van der Waals surface area contributed by atoms with Crippen molar-refractivity contribution < 1.29 is 43.4 Å². The average Bonchev–Trinajstić information content (AvgIpc) is 3.41. The molecule has 7 rings (SSSR count). The smallest absolute Gasteiger partial charge is 0.496 e. The molecule has 1 heterocycles. The number of aliphatic hydroxyl groups is 3. The molecule has 2 aromatic carbocycles. The van der Waals surface area contributed by atoms with Gasteiger partial charge in [-0.2, -0.15) is 0 Å². The minimum atomic E-state index is -4.50. The van der Waals surface area contributed by atoms with Crippen molar-refractivity contribution in [3.63, 3.8) is 0 Å². The Morgan fingerprint density at radius 1 is 1.04 bits per heavy atom. The number of carbonyl (C=O) groups is 1. The molecule has 4 aliphatic carbocycles. The van der Waals surface area contributed by atoms with Crippen molar-refractivity contribution in [1.82, 2.24) is 5.32 Å². The van der Waals surface area contributed by atoms with E-state index in [4.69, 9.17) is 13.8 Å². The molecule has 54 heavy (non-hydrogen) atoms. The van der Waals surface area contributed by atoms with Gasteiger partial charge in [-0.1, -0.05) is 56.8 Å². The molecule has 12 heteroatoms. The topological polar surface area (TPSA) is 155 Å². The summed E-state index contributed by atoms with van der Waals surface area (Å²) in [6.07, 6.45) is 7.86. The first-order chi connectivity index (χ1) is 25.7. The van der Waals surface area contributed by atoms with Crippen LogP contribution in [0.3, 0.4) is 0 Å². The van der Waals surface area contributed by atoms with Crippen molar-refractivity contribution in [2.45, 2.75) is 113 Å². The maximum absolute atomic E-state index is 13.1. The molecule has 0 spiro atoms. The fraction of sp³-hybridized carbons (Fsp3) is 0.643. The highest BCUT2D eigenvalue weighted by molar-refractivity contribution is 7.99. The third-order valence-corrected chi connectivity index (χ3v) is 16.5. The molecule has 5 N–H and O–H groups in total. The summed E-state index contributed by atoms with van der Waals surface area (Å²) in [5.41, 5.74) is 1.20. The van der Waals surface area contributed by atoms with E-state index in [0.29, 0.717) is 49.5 Å². The van der Waals surface area contributed by atoms with Crippen LogP contribution >= 0.6 is 19.6 Å². The Morgan fingerprint density at radius 2 is 1.83 bits per heavy atom. The van der Waals surface area contributed by atoms with E-state index in [1.807, 2.05) is 36.4 Å². The van der Waals surface area contributed by atoms with Gasteiger partial charge in [-0.25, -0.2) is 4.57 Å². The van der Waals surface area contributed by atoms with E-state index in [0.717, 1.165) is 53.9 Å². The highest BCUT2D eigenvalue weighted by Crippen LogP contribution is 2.68. The number of benzene rings is 2. The molecular weight excluding hydrogens is 726 g/mol. The van der Waals surface area contributed by atoms with Crippen LogP contribution in [0.25, 0.3) is 11.8 Å². The van der Waals surface area contributed by atoms with Gasteiger partial charge >= 0.3 is 7.82 Å². The number of fused-ring (bicyclic) bond motifs is 7. The second-order valence-electron chi connectivity index (χ2n) is 17.1. The summed E-state index contributed by atoms with van der Waals surface area (Å²) in [7, 11) is -2.92. The average molecular weight is 784 g/mol. The van der Waals surface area contributed by atoms with E-state index in [-0.39, 0.29) is 64.8 Å². The van der Waals surface area contributed by atoms with Crippen LogP contribution in [0.2, 0.25) is 0 Å². The number of methoxy groups -OCH3 is 1. The summed E-state index contributed by atoms with van der Waals surface area (Å²) >= 11 is 1.50. The van der Waals surface area contributed by atoms with E-state index in [1.54, 1.807) is 19.3 Å². The van der Waals surface area contributed by atoms with Gasteiger partial charge in [0.2, 0.25) is 5.91 Å². The Labute approximate surface area is 324 Å². The highest BCUT2D eigenvalue weighted by atomic mass is 32.2. The monoisotopic (exact) mass is 783 g/mol. The number of carbonyl (C=O) groups excluding carboxylic acids is 1. The quantitative estimate of drug-likeness (QED) is 0.107. The van der Waals surface area contributed by atoms with Gasteiger partial charge in [-0.3, -0.25) is 14.2 Å². The summed E-state index contributed by atoms with van der Waals surface area (Å²) in [6, 6.07) is 13.2. The minimum absolute atomic E-state index is 0.0405. The molecule has 296 valence electrons. The molecule has 12 atom stereocenters. The third-order valence-electron chi connectivity index (χ3n) is 14.3. The first-order valence-corrected chi connectivity index (χ1v) is 22.2. The van der Waals surface area contributed by atoms with Crippen molar-refractivity contribution >= 4 is 37.3 Å². The molecule has 0 saturated heterocycles. The zero-order valence-corrected chi connectivity index (χ0v) is 33.7. The Balaban J connectivity index is 0.887. The van der Waals surface area contributed by atoms with Crippen LogP contribution in [0.4, 0.5) is 0 Å². The number of phosphoric ester groups is 1. The molecule has 4 fully saturated rings. The lowest BCUT2D eigenvalue weighted by Crippen LogP contribution is -2.62. The van der Waals surface area contributed by atoms with E-state index >= 15 is 0 Å². The lowest BCUT2D eigenvalue weighted by molar-refractivity contribution is -0.207. The van der Waals surface area contributed by atoms with E-state index in [9.17, 15) is 29.6 Å². The van der Waals surface area contributed by atoms with Crippen molar-refractivity contribution in [1.29, 1.82) is 0 Å². The largest absolute Gasteiger partial charge is 0.527 e. The Hall–Kier alpha value is -2.37. The predicted octanol–water partition coefficient (Wildman–Crippen LogP) is 7.68. The fourth-order valence-electron chi connectivity index (χ4n) is 11.5. The number of ether oxygens (including phenoxy) is 1. The first-order valence-electron chi connectivity index (χ1n) is 19.9. The van der Waals surface area contributed by atoms with E-state index < -0.39 is 20.0 Å². The second kappa shape index (κ2) is 15.9. The van der Waals surface area contributed by atoms with Gasteiger partial charge in [-0.05, 0) is 134 Å². The number of rotatable bonds is 12. The number of nitrogens with one attached hydrogen (secondary N) is 1. The fourth-order valence-corrected chi connectivity index (χ4v) is 13.4. The van der Waals surface area contributed by atoms with Crippen LogP contribution in [0, 0.1) is 46.3 Å². The highest BCUT2D eigenvalue weighted by Gasteiger charge is 2.65. The maximum atomic E-state index is 13.1. The second-order valence-corrected chi connectivity index (χ2v) is 19.6. The van der Waals surface area contributed by atoms with Crippen LogP contribution in [0.1, 0.15) is 96.1 Å². The van der Waals surface area contributed by atoms with E-state index in [2.05, 4.69) is 26.1 Å². The summed E-state index contributed by atoms with van der Waals surface area (Å²) in [4.78, 5) is 25.4. The number of aliphatic hydroxyl groups excluding tert-OH is 3. The van der Waals surface area contributed by atoms with Gasteiger partial charge in [0.1, 0.15) is 11.5 Å². The molecule has 0 aromatic heterocycles. The first kappa shape index (κ1) is 39.8. The van der Waals surface area contributed by atoms with Crippen molar-refractivity contribution in [3.8, 4) is 5.75 Å². The molecule has 0 bridgehead atoms. The van der Waals surface area contributed by atoms with Gasteiger partial charge in [0.25, 0.3) is 0 Å². The summed E-state index contributed by atoms with van der Waals surface area (Å²) in [6.45, 7) is 7.00. The normalized spacial score (nSPS) is 35.7. The SMILES string of the molecule is COc1cccc2c1Sc1ccccc1C=C2OP(=O)(O)OCCCNC(=O)CC[C@@H](C)[C@H]1CC[C@H]2[C@@H]3[C@H](O)C[C@@H]4C[C@H](O)CC[C@]4(C)[C@H]3C[C@H](O)[C@]12C. The van der Waals surface area contributed by atoms with Crippen LogP contribution < -0.4 is 10.1 Å². The van der Waals surface area contributed by atoms with Crippen LogP contribution in [0.5, 0.6) is 5.75 Å². The standard InChI is InChI=1S/C42H58NO9PS/c1-25(30-14-15-31-39-32(24-37(46)42(30,31)3)41(2)18-17-28(44)22-27(41)23-33(39)45)13-16-38(47)43-19-8-20-51-53(48,49)52-35-21-26-9-5-6-12-36(26)54-40-29(35)10-7-11-34(40)50-4/h5-7,9-12,21,25,27-28,30-33,37,39,44-46H,8,13-20,22-24H2,1-4H3,(H,43,47)(H,48,49)/t25-,27+,28-,30-,31+,32+,33-,37+,39+,41+,42-/m1/s1. The van der Waals surface area contributed by atoms with E-state index in [1.165, 1.54) is 11.8 Å². The van der Waals surface area contributed by atoms with Gasteiger partial charge in [-0.15, -0.1) is 0 Å². The minimum Gasteiger partial charge on any atom is -0.496 e. The van der Waals surface area contributed by atoms with Crippen LogP contribution in [0.15, 0.2) is 52.3 Å². The number of phosphoric acid groups is 1. The summed E-state index contributed by atoms with van der Waals surface area (Å²) in [5, 5.41) is 36.8. The van der Waals surface area contributed by atoms with Crippen molar-refractivity contribution in [2.75, 3.05) is 20.3 Å². The lowest BCUT2D eigenvalue weighted by Gasteiger charge is -2.63. The summed E-state index contributed by atoms with van der Waals surface area (Å²) in [5.74, 6) is 2.19. The molecular formula is C42H58NO9PS. The zero-order chi connectivity index (χ0) is 38.4. The van der Waals surface area contributed by atoms with Crippen molar-refractivity contribution in [3.05, 3.63) is 53.6 Å². The van der Waals surface area contributed by atoms with Gasteiger partial charge in [0.05, 0.1) is 36.9 Å². The number of amides is 1. The van der Waals surface area contributed by atoms with Gasteiger partial charge in [0.15, 0.2) is 0 Å². The van der Waals surface area contributed by atoms with Crippen molar-refractivity contribution in [2.24, 2.45) is 46.3 Å². The Kier molecular flexibility index (Phi) is 11.7. The molecule has 2 aromatic rings. The summed E-state index contributed by atoms with van der Waals surface area (Å²) < 4.78 is 29.7. The zero-order valence-electron chi connectivity index (χ0n) is 32.0. The molecule has 5 aliphatic rings. The van der Waals surface area contributed by atoms with Gasteiger partial charge < -0.3 is 29.9 Å². The molecule has 1 amide bonds. The van der Waals surface area contributed by atoms with Crippen LogP contribution in [-0.4, -0.2) is 64.7 Å².